The van der Waals surface area contributed by atoms with Gasteiger partial charge in [0.25, 0.3) is 0 Å². The minimum Gasteiger partial charge on any atom is -0.0839 e. The Balaban J connectivity index is 2.53. The van der Waals surface area contributed by atoms with Gasteiger partial charge >= 0.3 is 0 Å². The van der Waals surface area contributed by atoms with E-state index in [1.54, 1.807) is 11.1 Å². The lowest BCUT2D eigenvalue weighted by molar-refractivity contribution is 0.708. The molecule has 1 aliphatic rings. The number of benzene rings is 1. The first-order valence-electron chi connectivity index (χ1n) is 5.42. The molecule has 2 rings (SSSR count). The summed E-state index contributed by atoms with van der Waals surface area (Å²) in [6.45, 7) is 4.44. The Morgan fingerprint density at radius 2 is 2.00 bits per heavy atom. The molecule has 76 valence electrons. The second-order valence-corrected chi connectivity index (χ2v) is 5.47. The summed E-state index contributed by atoms with van der Waals surface area (Å²) in [6, 6.07) is 4.66. The number of fused-ring (bicyclic) bond motifs is 1. The van der Waals surface area contributed by atoms with E-state index >= 15 is 0 Å². The third kappa shape index (κ3) is 1.88. The molecule has 1 aliphatic carbocycles. The van der Waals surface area contributed by atoms with E-state index in [1.165, 1.54) is 36.8 Å². The largest absolute Gasteiger partial charge is 0.0839 e. The number of rotatable bonds is 0. The first kappa shape index (κ1) is 10.2. The molecule has 0 aromatic heterocycles. The van der Waals surface area contributed by atoms with E-state index in [9.17, 15) is 0 Å². The maximum absolute atomic E-state index is 3.81. The lowest BCUT2D eigenvalue weighted by atomic mass is 9.95. The highest BCUT2D eigenvalue weighted by Crippen LogP contribution is 2.36. The van der Waals surface area contributed by atoms with Crippen molar-refractivity contribution in [3.8, 4) is 0 Å². The maximum atomic E-state index is 3.81. The molecule has 0 amide bonds. The molecule has 14 heavy (non-hydrogen) atoms. The van der Waals surface area contributed by atoms with Crippen LogP contribution >= 0.6 is 15.9 Å². The molecule has 0 spiro atoms. The van der Waals surface area contributed by atoms with E-state index in [1.807, 2.05) is 0 Å². The van der Waals surface area contributed by atoms with Crippen LogP contribution in [0.15, 0.2) is 12.1 Å². The quantitative estimate of drug-likeness (QED) is 0.473. The molecule has 0 nitrogen and oxygen atoms in total. The van der Waals surface area contributed by atoms with Gasteiger partial charge in [0, 0.05) is 4.83 Å². The molecule has 0 radical (unpaired) electrons. The monoisotopic (exact) mass is 252 g/mol. The van der Waals surface area contributed by atoms with Crippen LogP contribution in [0, 0.1) is 13.8 Å². The van der Waals surface area contributed by atoms with Crippen molar-refractivity contribution in [2.75, 3.05) is 0 Å². The zero-order chi connectivity index (χ0) is 10.1. The molecule has 0 saturated heterocycles. The number of alkyl halides is 1. The molecule has 1 heteroatoms. The molecule has 0 fully saturated rings. The molecule has 1 unspecified atom stereocenters. The summed E-state index contributed by atoms with van der Waals surface area (Å²) >= 11 is 3.81. The van der Waals surface area contributed by atoms with Gasteiger partial charge < -0.3 is 0 Å². The highest BCUT2D eigenvalue weighted by molar-refractivity contribution is 9.09. The van der Waals surface area contributed by atoms with Crippen LogP contribution < -0.4 is 0 Å². The van der Waals surface area contributed by atoms with Crippen LogP contribution in [-0.2, 0) is 6.42 Å². The Kier molecular flexibility index (Phi) is 2.96. The van der Waals surface area contributed by atoms with Gasteiger partial charge in [0.05, 0.1) is 0 Å². The Bertz CT molecular complexity index is 341. The summed E-state index contributed by atoms with van der Waals surface area (Å²) in [4.78, 5) is 0.582. The summed E-state index contributed by atoms with van der Waals surface area (Å²) in [5.41, 5.74) is 6.01. The van der Waals surface area contributed by atoms with Gasteiger partial charge in [-0.15, -0.1) is 0 Å². The number of halogens is 1. The van der Waals surface area contributed by atoms with Gasteiger partial charge in [-0.3, -0.25) is 0 Å². The summed E-state index contributed by atoms with van der Waals surface area (Å²) in [6.07, 6.45) is 5.25. The van der Waals surface area contributed by atoms with Crippen LogP contribution in [0.2, 0.25) is 0 Å². The molecule has 1 atom stereocenters. The molecule has 0 saturated carbocycles. The summed E-state index contributed by atoms with van der Waals surface area (Å²) in [5, 5.41) is 0. The topological polar surface area (TPSA) is 0 Å². The molecule has 0 aliphatic heterocycles. The first-order chi connectivity index (χ1) is 6.68. The van der Waals surface area contributed by atoms with E-state index in [-0.39, 0.29) is 0 Å². The van der Waals surface area contributed by atoms with Crippen molar-refractivity contribution in [3.05, 3.63) is 34.4 Å². The third-order valence-corrected chi connectivity index (χ3v) is 4.07. The van der Waals surface area contributed by atoms with Gasteiger partial charge in [0.1, 0.15) is 0 Å². The van der Waals surface area contributed by atoms with E-state index in [2.05, 4.69) is 41.9 Å². The molecule has 0 bridgehead atoms. The van der Waals surface area contributed by atoms with Crippen molar-refractivity contribution in [1.82, 2.24) is 0 Å². The second-order valence-electron chi connectivity index (χ2n) is 4.36. The van der Waals surface area contributed by atoms with Gasteiger partial charge in [-0.25, -0.2) is 0 Å². The lowest BCUT2D eigenvalue weighted by Crippen LogP contribution is -1.97. The highest BCUT2D eigenvalue weighted by Gasteiger charge is 2.17. The number of hydrogen-bond donors (Lipinski definition) is 0. The molecule has 1 aromatic rings. The van der Waals surface area contributed by atoms with E-state index < -0.39 is 0 Å². The minimum absolute atomic E-state index is 0.582. The van der Waals surface area contributed by atoms with Crippen LogP contribution in [0.1, 0.15) is 46.3 Å². The SMILES string of the molecule is Cc1cc(C)c2c(c1)C(Br)CCCC2. The number of aryl methyl sites for hydroxylation is 2. The van der Waals surface area contributed by atoms with Crippen LogP contribution in [0.4, 0.5) is 0 Å². The predicted molar refractivity (Wildman–Crippen MR) is 65.1 cm³/mol. The first-order valence-corrected chi connectivity index (χ1v) is 6.34. The van der Waals surface area contributed by atoms with Gasteiger partial charge in [-0.05, 0) is 49.8 Å². The van der Waals surface area contributed by atoms with Gasteiger partial charge in [-0.2, -0.15) is 0 Å². The van der Waals surface area contributed by atoms with E-state index in [0.717, 1.165) is 0 Å². The van der Waals surface area contributed by atoms with Crippen molar-refractivity contribution >= 4 is 15.9 Å². The van der Waals surface area contributed by atoms with E-state index in [4.69, 9.17) is 0 Å². The zero-order valence-electron chi connectivity index (χ0n) is 8.94. The van der Waals surface area contributed by atoms with Crippen molar-refractivity contribution in [2.45, 2.75) is 44.4 Å². The average Bonchev–Trinajstić information content (AvgIpc) is 2.29. The standard InChI is InChI=1S/C13H17Br/c1-9-7-10(2)11-5-3-4-6-13(14)12(11)8-9/h7-8,13H,3-6H2,1-2H3. The second kappa shape index (κ2) is 4.06. The van der Waals surface area contributed by atoms with Gasteiger partial charge in [-0.1, -0.05) is 40.0 Å². The summed E-state index contributed by atoms with van der Waals surface area (Å²) in [5.74, 6) is 0. The van der Waals surface area contributed by atoms with Gasteiger partial charge in [0.2, 0.25) is 0 Å². The van der Waals surface area contributed by atoms with Crippen LogP contribution in [0.5, 0.6) is 0 Å². The molecule has 0 N–H and O–H groups in total. The van der Waals surface area contributed by atoms with Crippen LogP contribution in [-0.4, -0.2) is 0 Å². The van der Waals surface area contributed by atoms with Crippen molar-refractivity contribution < 1.29 is 0 Å². The summed E-state index contributed by atoms with van der Waals surface area (Å²) < 4.78 is 0. The fourth-order valence-electron chi connectivity index (χ4n) is 2.43. The molecular formula is C13H17Br. The predicted octanol–water partition coefficient (Wildman–Crippen LogP) is 4.47. The minimum atomic E-state index is 0.582. The molecule has 0 heterocycles. The van der Waals surface area contributed by atoms with Crippen LogP contribution in [0.25, 0.3) is 0 Å². The fraction of sp³-hybridized carbons (Fsp3) is 0.538. The van der Waals surface area contributed by atoms with E-state index in [0.29, 0.717) is 4.83 Å². The van der Waals surface area contributed by atoms with Crippen molar-refractivity contribution in [1.29, 1.82) is 0 Å². The number of hydrogen-bond acceptors (Lipinski definition) is 0. The van der Waals surface area contributed by atoms with Gasteiger partial charge in [0.15, 0.2) is 0 Å². The highest BCUT2D eigenvalue weighted by atomic mass is 79.9. The average molecular weight is 253 g/mol. The lowest BCUT2D eigenvalue weighted by Gasteiger charge is -2.14. The third-order valence-electron chi connectivity index (χ3n) is 3.12. The smallest absolute Gasteiger partial charge is 0.0398 e. The molecular weight excluding hydrogens is 236 g/mol. The molecule has 1 aromatic carbocycles. The fourth-order valence-corrected chi connectivity index (χ4v) is 3.16. The summed E-state index contributed by atoms with van der Waals surface area (Å²) in [7, 11) is 0. The normalized spacial score (nSPS) is 21.5. The Morgan fingerprint density at radius 3 is 2.79 bits per heavy atom. The van der Waals surface area contributed by atoms with Crippen LogP contribution in [0.3, 0.4) is 0 Å². The zero-order valence-corrected chi connectivity index (χ0v) is 10.5. The Hall–Kier alpha value is -0.300. The Labute approximate surface area is 94.8 Å². The van der Waals surface area contributed by atoms with Crippen molar-refractivity contribution in [2.24, 2.45) is 0 Å². The van der Waals surface area contributed by atoms with Crippen molar-refractivity contribution in [3.63, 3.8) is 0 Å². The maximum Gasteiger partial charge on any atom is 0.0398 e. The Morgan fingerprint density at radius 1 is 1.21 bits per heavy atom.